The molecule has 1 aromatic rings. The lowest BCUT2D eigenvalue weighted by molar-refractivity contribution is 0.584. The van der Waals surface area contributed by atoms with Crippen molar-refractivity contribution in [1.29, 1.82) is 0 Å². The molecule has 0 spiro atoms. The molecule has 0 radical (unpaired) electrons. The molecule has 3 nitrogen and oxygen atoms in total. The van der Waals surface area contributed by atoms with Crippen molar-refractivity contribution in [3.05, 3.63) is 35.4 Å². The zero-order valence-corrected chi connectivity index (χ0v) is 17.4. The first kappa shape index (κ1) is 18.9. The maximum Gasteiger partial charge on any atom is 0.191 e. The fraction of sp³-hybridized carbons (Fsp3) is 0.611. The molecule has 1 saturated heterocycles. The van der Waals surface area contributed by atoms with E-state index in [1.54, 1.807) is 0 Å². The normalized spacial score (nSPS) is 29.8. The fourth-order valence-corrected chi connectivity index (χ4v) is 4.56. The van der Waals surface area contributed by atoms with Crippen LogP contribution in [0.25, 0.3) is 0 Å². The minimum absolute atomic E-state index is 0. The van der Waals surface area contributed by atoms with E-state index in [4.69, 9.17) is 0 Å². The molecule has 3 unspecified atom stereocenters. The van der Waals surface area contributed by atoms with Crippen molar-refractivity contribution in [3.8, 4) is 0 Å². The van der Waals surface area contributed by atoms with Crippen molar-refractivity contribution in [3.63, 3.8) is 0 Å². The van der Waals surface area contributed by atoms with Crippen molar-refractivity contribution >= 4 is 41.7 Å². The second-order valence-corrected chi connectivity index (χ2v) is 8.46. The molecule has 2 N–H and O–H groups in total. The number of hydrogen-bond donors (Lipinski definition) is 2. The third kappa shape index (κ3) is 4.78. The number of nitrogens with one attached hydrogen (secondary N) is 2. The number of thioether (sulfide) groups is 1. The van der Waals surface area contributed by atoms with Crippen molar-refractivity contribution in [1.82, 2.24) is 10.6 Å². The lowest BCUT2D eigenvalue weighted by Crippen LogP contribution is -2.44. The van der Waals surface area contributed by atoms with Gasteiger partial charge < -0.3 is 10.6 Å². The number of benzene rings is 1. The van der Waals surface area contributed by atoms with Crippen LogP contribution in [0.1, 0.15) is 43.2 Å². The largest absolute Gasteiger partial charge is 0.355 e. The summed E-state index contributed by atoms with van der Waals surface area (Å²) in [4.78, 5) is 4.40. The van der Waals surface area contributed by atoms with Gasteiger partial charge >= 0.3 is 0 Å². The molecule has 1 heterocycles. The molecule has 23 heavy (non-hydrogen) atoms. The van der Waals surface area contributed by atoms with E-state index >= 15 is 0 Å². The van der Waals surface area contributed by atoms with E-state index in [1.807, 2.05) is 7.05 Å². The van der Waals surface area contributed by atoms with Crippen LogP contribution in [0, 0.1) is 6.92 Å². The highest BCUT2D eigenvalue weighted by Gasteiger charge is 2.40. The minimum atomic E-state index is 0. The van der Waals surface area contributed by atoms with Gasteiger partial charge in [0.25, 0.3) is 0 Å². The zero-order valence-electron chi connectivity index (χ0n) is 14.3. The molecule has 1 saturated carbocycles. The number of nitrogens with zero attached hydrogens (tertiary/aromatic N) is 1. The predicted octanol–water partition coefficient (Wildman–Crippen LogP) is 3.92. The Morgan fingerprint density at radius 1 is 1.39 bits per heavy atom. The average Bonchev–Trinajstić information content (AvgIpc) is 3.14. The van der Waals surface area contributed by atoms with E-state index in [-0.39, 0.29) is 24.0 Å². The summed E-state index contributed by atoms with van der Waals surface area (Å²) < 4.78 is 0.372. The van der Waals surface area contributed by atoms with Gasteiger partial charge in [-0.15, -0.1) is 24.0 Å². The summed E-state index contributed by atoms with van der Waals surface area (Å²) >= 11 is 2.09. The van der Waals surface area contributed by atoms with E-state index in [1.165, 1.54) is 36.1 Å². The fourth-order valence-electron chi connectivity index (χ4n) is 3.32. The average molecular weight is 445 g/mol. The summed E-state index contributed by atoms with van der Waals surface area (Å²) in [6.45, 7) is 5.56. The first-order valence-corrected chi connectivity index (χ1v) is 9.26. The van der Waals surface area contributed by atoms with Crippen molar-refractivity contribution in [2.45, 2.75) is 49.8 Å². The summed E-state index contributed by atoms with van der Waals surface area (Å²) in [5, 5.41) is 7.12. The molecule has 2 fully saturated rings. The highest BCUT2D eigenvalue weighted by atomic mass is 127. The summed E-state index contributed by atoms with van der Waals surface area (Å²) in [6.07, 6.45) is 3.85. The summed E-state index contributed by atoms with van der Waals surface area (Å²) in [5.41, 5.74) is 2.88. The topological polar surface area (TPSA) is 36.4 Å². The third-order valence-electron chi connectivity index (χ3n) is 4.85. The van der Waals surface area contributed by atoms with Gasteiger partial charge in [-0.1, -0.05) is 24.3 Å². The number of aliphatic imine (C=N–C) groups is 1. The molecular weight excluding hydrogens is 417 g/mol. The third-order valence-corrected chi connectivity index (χ3v) is 6.39. The molecule has 1 aromatic carbocycles. The van der Waals surface area contributed by atoms with Crippen LogP contribution in [-0.4, -0.2) is 36.1 Å². The van der Waals surface area contributed by atoms with Gasteiger partial charge in [0, 0.05) is 30.3 Å². The Hall–Kier alpha value is -0.430. The van der Waals surface area contributed by atoms with Crippen LogP contribution in [0.3, 0.4) is 0 Å². The Kier molecular flexibility index (Phi) is 6.66. The molecule has 2 aliphatic rings. The molecule has 0 bridgehead atoms. The Balaban J connectivity index is 0.00000192. The van der Waals surface area contributed by atoms with Crippen LogP contribution >= 0.6 is 35.7 Å². The first-order chi connectivity index (χ1) is 10.6. The molecule has 5 heteroatoms. The number of halogens is 1. The maximum absolute atomic E-state index is 4.40. The van der Waals surface area contributed by atoms with Crippen molar-refractivity contribution < 1.29 is 0 Å². The molecule has 0 aromatic heterocycles. The number of hydrogen-bond acceptors (Lipinski definition) is 2. The van der Waals surface area contributed by atoms with E-state index < -0.39 is 0 Å². The van der Waals surface area contributed by atoms with Crippen LogP contribution in [0.5, 0.6) is 0 Å². The Labute approximate surface area is 161 Å². The number of rotatable bonds is 4. The Morgan fingerprint density at radius 2 is 2.17 bits per heavy atom. The second kappa shape index (κ2) is 8.10. The van der Waals surface area contributed by atoms with Crippen LogP contribution < -0.4 is 10.6 Å². The van der Waals surface area contributed by atoms with Crippen LogP contribution in [0.2, 0.25) is 0 Å². The van der Waals surface area contributed by atoms with E-state index in [2.05, 4.69) is 65.5 Å². The molecule has 0 amide bonds. The smallest absolute Gasteiger partial charge is 0.191 e. The van der Waals surface area contributed by atoms with Crippen molar-refractivity contribution in [2.24, 2.45) is 4.99 Å². The summed E-state index contributed by atoms with van der Waals surface area (Å²) in [7, 11) is 1.87. The van der Waals surface area contributed by atoms with Crippen molar-refractivity contribution in [2.75, 3.05) is 19.3 Å². The predicted molar refractivity (Wildman–Crippen MR) is 112 cm³/mol. The molecule has 1 aliphatic heterocycles. The van der Waals surface area contributed by atoms with E-state index in [0.717, 1.165) is 12.5 Å². The van der Waals surface area contributed by atoms with Gasteiger partial charge in [-0.2, -0.15) is 11.8 Å². The first-order valence-electron chi connectivity index (χ1n) is 8.28. The molecular formula is C18H28IN3S. The molecule has 3 atom stereocenters. The summed E-state index contributed by atoms with van der Waals surface area (Å²) in [6, 6.07) is 9.24. The highest BCUT2D eigenvalue weighted by Crippen LogP contribution is 2.42. The lowest BCUT2D eigenvalue weighted by Gasteiger charge is -2.24. The van der Waals surface area contributed by atoms with Gasteiger partial charge in [-0.25, -0.2) is 0 Å². The second-order valence-electron chi connectivity index (χ2n) is 6.78. The summed E-state index contributed by atoms with van der Waals surface area (Å²) in [5.74, 6) is 2.88. The zero-order chi connectivity index (χ0) is 15.6. The van der Waals surface area contributed by atoms with Gasteiger partial charge in [-0.3, -0.25) is 4.99 Å². The van der Waals surface area contributed by atoms with Gasteiger partial charge in [0.2, 0.25) is 0 Å². The van der Waals surface area contributed by atoms with Gasteiger partial charge in [0.05, 0.1) is 0 Å². The quantitative estimate of drug-likeness (QED) is 0.419. The molecule has 1 aliphatic carbocycles. The van der Waals surface area contributed by atoms with Gasteiger partial charge in [-0.05, 0) is 50.0 Å². The van der Waals surface area contributed by atoms with Crippen LogP contribution in [-0.2, 0) is 0 Å². The van der Waals surface area contributed by atoms with Crippen LogP contribution in [0.15, 0.2) is 29.3 Å². The minimum Gasteiger partial charge on any atom is -0.355 e. The van der Waals surface area contributed by atoms with Crippen LogP contribution in [0.4, 0.5) is 0 Å². The molecule has 3 rings (SSSR count). The number of guanidine groups is 1. The Morgan fingerprint density at radius 3 is 2.83 bits per heavy atom. The Bertz CT molecular complexity index is 555. The van der Waals surface area contributed by atoms with Gasteiger partial charge in [0.1, 0.15) is 0 Å². The highest BCUT2D eigenvalue weighted by molar-refractivity contribution is 14.0. The standard InChI is InChI=1S/C18H27N3S.HI/c1-13-7-4-5-8-14(13)15-11-16(15)21-17(19-3)20-12-18(2)9-6-10-22-18;/h4-5,7-8,15-16H,6,9-12H2,1-3H3,(H2,19,20,21);1H. The maximum atomic E-state index is 4.40. The lowest BCUT2D eigenvalue weighted by atomic mass is 10.0. The monoisotopic (exact) mass is 445 g/mol. The molecule has 128 valence electrons. The SMILES string of the molecule is CN=C(NCC1(C)CCCS1)NC1CC1c1ccccc1C.I. The van der Waals surface area contributed by atoms with E-state index in [0.29, 0.717) is 16.7 Å². The number of aryl methyl sites for hydroxylation is 1. The van der Waals surface area contributed by atoms with E-state index in [9.17, 15) is 0 Å². The van der Waals surface area contributed by atoms with Gasteiger partial charge in [0.15, 0.2) is 5.96 Å².